The van der Waals surface area contributed by atoms with Gasteiger partial charge in [-0.05, 0) is 134 Å². The molecule has 12 aromatic carbocycles. The van der Waals surface area contributed by atoms with Gasteiger partial charge in [-0.1, -0.05) is 200 Å². The van der Waals surface area contributed by atoms with Crippen molar-refractivity contribution in [1.82, 2.24) is 0 Å². The van der Waals surface area contributed by atoms with Gasteiger partial charge in [-0.15, -0.1) is 0 Å². The van der Waals surface area contributed by atoms with Gasteiger partial charge >= 0.3 is 0 Å². The number of benzene rings is 12. The minimum atomic E-state index is -3.58. The van der Waals surface area contributed by atoms with Crippen LogP contribution in [0.5, 0.6) is 0 Å². The van der Waals surface area contributed by atoms with Crippen molar-refractivity contribution in [3.63, 3.8) is 0 Å². The molecule has 0 spiro atoms. The molecule has 290 valence electrons. The van der Waals surface area contributed by atoms with Crippen LogP contribution in [-0.2, 0) is 4.57 Å². The summed E-state index contributed by atoms with van der Waals surface area (Å²) in [6, 6.07) is 84.1. The summed E-state index contributed by atoms with van der Waals surface area (Å²) < 4.78 is 17.2. The summed E-state index contributed by atoms with van der Waals surface area (Å²) in [6.07, 6.45) is 0. The summed E-state index contributed by atoms with van der Waals surface area (Å²) in [7, 11) is -3.58. The molecule has 2 heteroatoms. The molecule has 0 saturated carbocycles. The van der Waals surface area contributed by atoms with Crippen LogP contribution in [0, 0.1) is 0 Å². The largest absolute Gasteiger partial charge is 0.309 e. The molecule has 0 aliphatic rings. The second kappa shape index (κ2) is 14.6. The van der Waals surface area contributed by atoms with Crippen LogP contribution in [0.3, 0.4) is 0 Å². The zero-order valence-electron chi connectivity index (χ0n) is 33.9. The molecule has 12 aromatic rings. The first kappa shape index (κ1) is 36.3. The highest BCUT2D eigenvalue weighted by Gasteiger charge is 2.32. The third-order valence-corrected chi connectivity index (χ3v) is 15.8. The second-order valence-corrected chi connectivity index (χ2v) is 19.1. The molecular weight excluding hydrogens is 768 g/mol. The lowest BCUT2D eigenvalue weighted by atomic mass is 9.92. The average Bonchev–Trinajstić information content (AvgIpc) is 3.34. The topological polar surface area (TPSA) is 17.1 Å². The molecule has 0 N–H and O–H groups in total. The summed E-state index contributed by atoms with van der Waals surface area (Å²) >= 11 is 0. The van der Waals surface area contributed by atoms with Crippen molar-refractivity contribution in [2.24, 2.45) is 0 Å². The summed E-state index contributed by atoms with van der Waals surface area (Å²) in [5.41, 5.74) is 6.59. The Morgan fingerprint density at radius 3 is 0.694 bits per heavy atom. The Kier molecular flexibility index (Phi) is 8.52. The Balaban J connectivity index is 1.14. The quantitative estimate of drug-likeness (QED) is 0.121. The van der Waals surface area contributed by atoms with E-state index in [1.54, 1.807) is 0 Å². The Morgan fingerprint density at radius 2 is 0.452 bits per heavy atom. The van der Waals surface area contributed by atoms with Crippen LogP contribution in [0.25, 0.3) is 98.0 Å². The highest BCUT2D eigenvalue weighted by molar-refractivity contribution is 7.85. The SMILES string of the molecule is O=P(c1cccc(-c2c3ccccc3cc3ccccc23)c1)(c1cccc(-c2c3ccccc3cc3ccccc23)c1)c1cccc(-c2c3ccccc3cc3ccccc23)c1. The molecule has 0 radical (unpaired) electrons. The van der Waals surface area contributed by atoms with E-state index in [-0.39, 0.29) is 0 Å². The third-order valence-electron chi connectivity index (χ3n) is 12.8. The van der Waals surface area contributed by atoms with Crippen molar-refractivity contribution in [3.05, 3.63) is 237 Å². The van der Waals surface area contributed by atoms with Gasteiger partial charge in [0.05, 0.1) is 0 Å². The monoisotopic (exact) mass is 806 g/mol. The molecule has 0 aromatic heterocycles. The van der Waals surface area contributed by atoms with E-state index in [1.165, 1.54) is 64.6 Å². The first-order chi connectivity index (χ1) is 30.6. The number of hydrogen-bond acceptors (Lipinski definition) is 1. The summed E-state index contributed by atoms with van der Waals surface area (Å²) in [5.74, 6) is 0. The molecule has 0 fully saturated rings. The highest BCUT2D eigenvalue weighted by Crippen LogP contribution is 2.47. The van der Waals surface area contributed by atoms with Gasteiger partial charge < -0.3 is 4.57 Å². The molecule has 0 aliphatic carbocycles. The Hall–Kier alpha value is -7.57. The fourth-order valence-corrected chi connectivity index (χ4v) is 12.7. The minimum Gasteiger partial charge on any atom is -0.309 e. The van der Waals surface area contributed by atoms with Crippen LogP contribution in [0.15, 0.2) is 237 Å². The standard InChI is InChI=1S/C60H39OP/c61-62(49-25-13-22-46(37-49)58-52-28-7-1-16-40(52)34-41-17-2-8-29-53(41)58,50-26-14-23-47(38-50)59-54-30-9-3-18-42(54)35-43-19-4-10-31-55(43)59)51-27-15-24-48(39-51)60-56-32-11-5-20-44(56)36-45-21-6-12-33-57(45)60/h1-39H. The molecule has 0 bridgehead atoms. The van der Waals surface area contributed by atoms with E-state index in [9.17, 15) is 0 Å². The molecule has 0 amide bonds. The van der Waals surface area contributed by atoms with Gasteiger partial charge in [0.25, 0.3) is 0 Å². The Morgan fingerprint density at radius 1 is 0.226 bits per heavy atom. The second-order valence-electron chi connectivity index (χ2n) is 16.3. The molecule has 1 nitrogen and oxygen atoms in total. The fraction of sp³-hybridized carbons (Fsp3) is 0. The molecule has 12 rings (SSSR count). The smallest absolute Gasteiger partial charge is 0.171 e. The van der Waals surface area contributed by atoms with Crippen molar-refractivity contribution in [3.8, 4) is 33.4 Å². The van der Waals surface area contributed by atoms with Crippen LogP contribution in [0.4, 0.5) is 0 Å². The molecule has 0 atom stereocenters. The first-order valence-electron chi connectivity index (χ1n) is 21.3. The molecule has 0 unspecified atom stereocenters. The Bertz CT molecular complexity index is 3250. The van der Waals surface area contributed by atoms with E-state index in [0.717, 1.165) is 49.3 Å². The molecule has 62 heavy (non-hydrogen) atoms. The van der Waals surface area contributed by atoms with Gasteiger partial charge in [0.15, 0.2) is 7.14 Å². The predicted molar refractivity (Wildman–Crippen MR) is 267 cm³/mol. The molecular formula is C60H39OP. The maximum Gasteiger partial charge on any atom is 0.171 e. The number of hydrogen-bond donors (Lipinski definition) is 0. The fourth-order valence-electron chi connectivity index (χ4n) is 9.99. The number of fused-ring (bicyclic) bond motifs is 6. The van der Waals surface area contributed by atoms with Gasteiger partial charge in [-0.25, -0.2) is 0 Å². The summed E-state index contributed by atoms with van der Waals surface area (Å²) in [4.78, 5) is 0. The van der Waals surface area contributed by atoms with Crippen molar-refractivity contribution >= 4 is 87.7 Å². The van der Waals surface area contributed by atoms with E-state index >= 15 is 4.57 Å². The van der Waals surface area contributed by atoms with Crippen LogP contribution in [-0.4, -0.2) is 0 Å². The van der Waals surface area contributed by atoms with E-state index in [1.807, 2.05) is 0 Å². The zero-order valence-corrected chi connectivity index (χ0v) is 34.8. The van der Waals surface area contributed by atoms with Crippen molar-refractivity contribution in [1.29, 1.82) is 0 Å². The highest BCUT2D eigenvalue weighted by atomic mass is 31.2. The van der Waals surface area contributed by atoms with Crippen molar-refractivity contribution in [2.45, 2.75) is 0 Å². The van der Waals surface area contributed by atoms with Crippen LogP contribution in [0.2, 0.25) is 0 Å². The van der Waals surface area contributed by atoms with E-state index < -0.39 is 7.14 Å². The van der Waals surface area contributed by atoms with Gasteiger partial charge in [-0.2, -0.15) is 0 Å². The van der Waals surface area contributed by atoms with Gasteiger partial charge in [0.1, 0.15) is 0 Å². The van der Waals surface area contributed by atoms with E-state index in [0.29, 0.717) is 0 Å². The lowest BCUT2D eigenvalue weighted by molar-refractivity contribution is 0.592. The predicted octanol–water partition coefficient (Wildman–Crippen LogP) is 15.2. The van der Waals surface area contributed by atoms with Crippen LogP contribution < -0.4 is 15.9 Å². The normalized spacial score (nSPS) is 11.9. The molecule has 0 heterocycles. The zero-order chi connectivity index (χ0) is 41.2. The average molecular weight is 807 g/mol. The van der Waals surface area contributed by atoms with Crippen molar-refractivity contribution < 1.29 is 4.57 Å². The van der Waals surface area contributed by atoms with Crippen LogP contribution in [0.1, 0.15) is 0 Å². The lowest BCUT2D eigenvalue weighted by Gasteiger charge is -2.23. The van der Waals surface area contributed by atoms with Gasteiger partial charge in [0, 0.05) is 15.9 Å². The summed E-state index contributed by atoms with van der Waals surface area (Å²) in [5, 5.41) is 16.5. The lowest BCUT2D eigenvalue weighted by Crippen LogP contribution is -2.25. The number of rotatable bonds is 6. The molecule has 0 aliphatic heterocycles. The van der Waals surface area contributed by atoms with E-state index in [4.69, 9.17) is 0 Å². The van der Waals surface area contributed by atoms with Gasteiger partial charge in [0.2, 0.25) is 0 Å². The van der Waals surface area contributed by atoms with E-state index in [2.05, 4.69) is 237 Å². The van der Waals surface area contributed by atoms with Crippen molar-refractivity contribution in [2.75, 3.05) is 0 Å². The Labute approximate surface area is 360 Å². The maximum absolute atomic E-state index is 17.2. The van der Waals surface area contributed by atoms with Gasteiger partial charge in [-0.3, -0.25) is 0 Å². The maximum atomic E-state index is 17.2. The van der Waals surface area contributed by atoms with Crippen LogP contribution >= 0.6 is 7.14 Å². The summed E-state index contributed by atoms with van der Waals surface area (Å²) in [6.45, 7) is 0. The third kappa shape index (κ3) is 5.81. The minimum absolute atomic E-state index is 0.798. The first-order valence-corrected chi connectivity index (χ1v) is 23.0. The molecule has 0 saturated heterocycles.